The van der Waals surface area contributed by atoms with Crippen LogP contribution >= 0.6 is 0 Å². The number of aliphatic hydroxyl groups excluding tert-OH is 1. The molecule has 0 bridgehead atoms. The number of sulfonamides is 1. The minimum Gasteiger partial charge on any atom is -0.396 e. The molecule has 0 unspecified atom stereocenters. The molecule has 1 heterocycles. The van der Waals surface area contributed by atoms with Crippen molar-refractivity contribution in [3.8, 4) is 0 Å². The van der Waals surface area contributed by atoms with Gasteiger partial charge in [0, 0.05) is 32.2 Å². The molecule has 1 aliphatic rings. The van der Waals surface area contributed by atoms with E-state index in [9.17, 15) is 18.0 Å². The third-order valence-corrected chi connectivity index (χ3v) is 7.00. The molecular weight excluding hydrogens is 394 g/mol. The number of benzene rings is 1. The van der Waals surface area contributed by atoms with Crippen molar-refractivity contribution in [1.82, 2.24) is 14.9 Å². The fourth-order valence-corrected chi connectivity index (χ4v) is 4.80. The van der Waals surface area contributed by atoms with E-state index >= 15 is 0 Å². The van der Waals surface area contributed by atoms with Crippen LogP contribution in [0.5, 0.6) is 0 Å². The number of carbonyl (C=O) groups excluding carboxylic acids is 2. The molecule has 0 saturated carbocycles. The van der Waals surface area contributed by atoms with Crippen LogP contribution in [-0.4, -0.2) is 61.9 Å². The predicted molar refractivity (Wildman–Crippen MR) is 109 cm³/mol. The van der Waals surface area contributed by atoms with Crippen LogP contribution in [0.2, 0.25) is 0 Å². The Morgan fingerprint density at radius 2 is 1.79 bits per heavy atom. The first-order valence-corrected chi connectivity index (χ1v) is 11.5. The number of hydrogen-bond donors (Lipinski definition) is 3. The fourth-order valence-electron chi connectivity index (χ4n) is 3.31. The van der Waals surface area contributed by atoms with Crippen LogP contribution in [0, 0.1) is 11.8 Å². The van der Waals surface area contributed by atoms with Gasteiger partial charge in [0.15, 0.2) is 0 Å². The van der Waals surface area contributed by atoms with Crippen LogP contribution in [0.1, 0.15) is 33.1 Å². The molecule has 1 aromatic rings. The lowest BCUT2D eigenvalue weighted by Crippen LogP contribution is -2.52. The number of aliphatic hydroxyl groups is 1. The third-order valence-electron chi connectivity index (χ3n) is 5.09. The van der Waals surface area contributed by atoms with Crippen molar-refractivity contribution in [1.29, 1.82) is 0 Å². The van der Waals surface area contributed by atoms with Crippen molar-refractivity contribution in [3.05, 3.63) is 30.3 Å². The largest absolute Gasteiger partial charge is 0.396 e. The summed E-state index contributed by atoms with van der Waals surface area (Å²) in [6.07, 6.45) is 1.28. The van der Waals surface area contributed by atoms with Gasteiger partial charge in [-0.25, -0.2) is 8.42 Å². The Morgan fingerprint density at radius 3 is 2.34 bits per heavy atom. The summed E-state index contributed by atoms with van der Waals surface area (Å²) in [7, 11) is -3.56. The first kappa shape index (κ1) is 23.3. The van der Waals surface area contributed by atoms with E-state index in [1.165, 1.54) is 4.31 Å². The molecule has 162 valence electrons. The average Bonchev–Trinajstić information content (AvgIpc) is 2.72. The number of hydrogen-bond acceptors (Lipinski definition) is 5. The molecule has 9 heteroatoms. The summed E-state index contributed by atoms with van der Waals surface area (Å²) in [6.45, 7) is 4.58. The molecule has 29 heavy (non-hydrogen) atoms. The maximum atomic E-state index is 12.7. The lowest BCUT2D eigenvalue weighted by molar-refractivity contribution is -0.132. The summed E-state index contributed by atoms with van der Waals surface area (Å²) >= 11 is 0. The summed E-state index contributed by atoms with van der Waals surface area (Å²) in [6, 6.07) is 7.61. The minimum absolute atomic E-state index is 0.0105. The summed E-state index contributed by atoms with van der Waals surface area (Å²) in [5.74, 6) is -0.918. The highest BCUT2D eigenvalue weighted by molar-refractivity contribution is 7.89. The number of rotatable bonds is 9. The van der Waals surface area contributed by atoms with Gasteiger partial charge in [-0.2, -0.15) is 4.31 Å². The molecule has 1 saturated heterocycles. The molecule has 1 aromatic carbocycles. The van der Waals surface area contributed by atoms with Gasteiger partial charge in [0.05, 0.1) is 4.90 Å². The van der Waals surface area contributed by atoms with Crippen molar-refractivity contribution in [2.45, 2.75) is 44.0 Å². The smallest absolute Gasteiger partial charge is 0.243 e. The lowest BCUT2D eigenvalue weighted by atomic mass is 9.95. The van der Waals surface area contributed by atoms with Gasteiger partial charge in [-0.15, -0.1) is 0 Å². The minimum atomic E-state index is -3.56. The van der Waals surface area contributed by atoms with Crippen molar-refractivity contribution < 1.29 is 23.1 Å². The average molecular weight is 426 g/mol. The zero-order valence-corrected chi connectivity index (χ0v) is 17.8. The highest BCUT2D eigenvalue weighted by atomic mass is 32.2. The van der Waals surface area contributed by atoms with E-state index in [0.29, 0.717) is 25.8 Å². The lowest BCUT2D eigenvalue weighted by Gasteiger charge is -2.32. The first-order valence-electron chi connectivity index (χ1n) is 10.0. The summed E-state index contributed by atoms with van der Waals surface area (Å²) in [5, 5.41) is 14.4. The number of piperidine rings is 1. The second kappa shape index (κ2) is 10.7. The Morgan fingerprint density at radius 1 is 1.17 bits per heavy atom. The van der Waals surface area contributed by atoms with E-state index in [0.717, 1.165) is 0 Å². The second-order valence-corrected chi connectivity index (χ2v) is 9.53. The zero-order valence-electron chi connectivity index (χ0n) is 17.0. The van der Waals surface area contributed by atoms with Crippen molar-refractivity contribution in [2.24, 2.45) is 11.8 Å². The van der Waals surface area contributed by atoms with E-state index in [4.69, 9.17) is 5.11 Å². The van der Waals surface area contributed by atoms with Crippen LogP contribution in [0.15, 0.2) is 35.2 Å². The number of nitrogens with zero attached hydrogens (tertiary/aromatic N) is 1. The molecule has 0 aliphatic carbocycles. The van der Waals surface area contributed by atoms with Crippen LogP contribution in [-0.2, 0) is 19.6 Å². The van der Waals surface area contributed by atoms with Gasteiger partial charge in [0.2, 0.25) is 21.8 Å². The summed E-state index contributed by atoms with van der Waals surface area (Å²) < 4.78 is 26.8. The Kier molecular flexibility index (Phi) is 8.60. The van der Waals surface area contributed by atoms with Gasteiger partial charge in [-0.3, -0.25) is 9.59 Å². The maximum absolute atomic E-state index is 12.7. The van der Waals surface area contributed by atoms with Gasteiger partial charge in [-0.05, 0) is 37.3 Å². The Hall–Kier alpha value is -1.97. The van der Waals surface area contributed by atoms with E-state index in [2.05, 4.69) is 10.6 Å². The van der Waals surface area contributed by atoms with Gasteiger partial charge in [-0.1, -0.05) is 32.0 Å². The SMILES string of the molecule is CC(C)[C@@H](NC(=O)C1CCN(S(=O)(=O)c2ccccc2)CC1)C(=O)NCCCO. The van der Waals surface area contributed by atoms with E-state index in [1.54, 1.807) is 30.3 Å². The van der Waals surface area contributed by atoms with Gasteiger partial charge < -0.3 is 15.7 Å². The molecule has 1 fully saturated rings. The van der Waals surface area contributed by atoms with Crippen LogP contribution in [0.3, 0.4) is 0 Å². The van der Waals surface area contributed by atoms with Crippen LogP contribution in [0.4, 0.5) is 0 Å². The van der Waals surface area contributed by atoms with Crippen molar-refractivity contribution >= 4 is 21.8 Å². The maximum Gasteiger partial charge on any atom is 0.243 e. The molecule has 0 spiro atoms. The molecule has 3 N–H and O–H groups in total. The first-order chi connectivity index (χ1) is 13.8. The fraction of sp³-hybridized carbons (Fsp3) is 0.600. The highest BCUT2D eigenvalue weighted by Gasteiger charge is 2.34. The molecule has 2 rings (SSSR count). The summed E-state index contributed by atoms with van der Waals surface area (Å²) in [4.78, 5) is 25.2. The molecule has 2 amide bonds. The van der Waals surface area contributed by atoms with E-state index in [1.807, 2.05) is 13.8 Å². The quantitative estimate of drug-likeness (QED) is 0.505. The molecular formula is C20H31N3O5S. The standard InChI is InChI=1S/C20H31N3O5S/c1-15(2)18(20(26)21-11-6-14-24)22-19(25)16-9-12-23(13-10-16)29(27,28)17-7-4-3-5-8-17/h3-5,7-8,15-16,18,24H,6,9-14H2,1-2H3,(H,21,26)(H,22,25)/t18-/m1/s1. The Labute approximate surface area is 172 Å². The normalized spacial score (nSPS) is 17.1. The molecule has 8 nitrogen and oxygen atoms in total. The summed E-state index contributed by atoms with van der Waals surface area (Å²) in [5.41, 5.74) is 0. The Bertz CT molecular complexity index is 775. The predicted octanol–water partition coefficient (Wildman–Crippen LogP) is 0.727. The number of carbonyl (C=O) groups is 2. The van der Waals surface area contributed by atoms with Gasteiger partial charge in [0.25, 0.3) is 0 Å². The van der Waals surface area contributed by atoms with Crippen molar-refractivity contribution in [2.75, 3.05) is 26.2 Å². The van der Waals surface area contributed by atoms with Gasteiger partial charge in [0.1, 0.15) is 6.04 Å². The van der Waals surface area contributed by atoms with Gasteiger partial charge >= 0.3 is 0 Å². The Balaban J connectivity index is 1.92. The molecule has 1 aliphatic heterocycles. The topological polar surface area (TPSA) is 116 Å². The van der Waals surface area contributed by atoms with E-state index < -0.39 is 16.1 Å². The van der Waals surface area contributed by atoms with Crippen molar-refractivity contribution in [3.63, 3.8) is 0 Å². The molecule has 1 atom stereocenters. The third kappa shape index (κ3) is 6.25. The highest BCUT2D eigenvalue weighted by Crippen LogP contribution is 2.24. The van der Waals surface area contributed by atoms with Crippen LogP contribution in [0.25, 0.3) is 0 Å². The zero-order chi connectivity index (χ0) is 21.4. The second-order valence-electron chi connectivity index (χ2n) is 7.59. The molecule has 0 aromatic heterocycles. The monoisotopic (exact) mass is 425 g/mol. The van der Waals surface area contributed by atoms with E-state index in [-0.39, 0.29) is 48.2 Å². The van der Waals surface area contributed by atoms with Crippen LogP contribution < -0.4 is 10.6 Å². The number of nitrogens with one attached hydrogen (secondary N) is 2. The number of amides is 2. The molecule has 0 radical (unpaired) electrons.